The van der Waals surface area contributed by atoms with E-state index in [1.807, 2.05) is 26.0 Å². The molecular weight excluding hydrogens is 270 g/mol. The third-order valence-electron chi connectivity index (χ3n) is 3.49. The number of aromatic nitrogens is 2. The molecule has 6 nitrogen and oxygen atoms in total. The molecular formula is C15H17N3O3. The molecule has 2 heterocycles. The van der Waals surface area contributed by atoms with Gasteiger partial charge in [-0.05, 0) is 38.3 Å². The van der Waals surface area contributed by atoms with Crippen LogP contribution in [0.25, 0.3) is 0 Å². The lowest BCUT2D eigenvalue weighted by atomic mass is 10.1. The molecule has 0 spiro atoms. The summed E-state index contributed by atoms with van der Waals surface area (Å²) >= 11 is 0. The third-order valence-corrected chi connectivity index (χ3v) is 3.49. The van der Waals surface area contributed by atoms with Gasteiger partial charge in [0.05, 0.1) is 0 Å². The van der Waals surface area contributed by atoms with E-state index in [4.69, 9.17) is 9.15 Å². The number of ether oxygens (including phenoxy) is 1. The van der Waals surface area contributed by atoms with Gasteiger partial charge in [0, 0.05) is 12.2 Å². The number of amides is 1. The molecule has 21 heavy (non-hydrogen) atoms. The van der Waals surface area contributed by atoms with Gasteiger partial charge in [-0.3, -0.25) is 10.1 Å². The predicted octanol–water partition coefficient (Wildman–Crippen LogP) is 2.79. The third kappa shape index (κ3) is 2.95. The maximum absolute atomic E-state index is 12.2. The Hall–Kier alpha value is -2.21. The molecule has 1 amide bonds. The van der Waals surface area contributed by atoms with Crippen molar-refractivity contribution in [2.75, 3.05) is 11.9 Å². The summed E-state index contributed by atoms with van der Waals surface area (Å²) in [5.74, 6) is 0.165. The van der Waals surface area contributed by atoms with Gasteiger partial charge < -0.3 is 9.15 Å². The molecule has 0 saturated carbocycles. The van der Waals surface area contributed by atoms with Crippen molar-refractivity contribution in [1.82, 2.24) is 10.2 Å². The Bertz CT molecular complexity index is 660. The van der Waals surface area contributed by atoms with E-state index in [-0.39, 0.29) is 18.0 Å². The molecule has 1 fully saturated rings. The summed E-state index contributed by atoms with van der Waals surface area (Å²) < 4.78 is 10.9. The van der Waals surface area contributed by atoms with E-state index in [1.54, 1.807) is 6.07 Å². The lowest BCUT2D eigenvalue weighted by Gasteiger charge is -2.05. The summed E-state index contributed by atoms with van der Waals surface area (Å²) in [6, 6.07) is 5.75. The second-order valence-electron chi connectivity index (χ2n) is 5.22. The van der Waals surface area contributed by atoms with E-state index < -0.39 is 0 Å². The molecule has 1 atom stereocenters. The minimum absolute atomic E-state index is 0.102. The monoisotopic (exact) mass is 287 g/mol. The highest BCUT2D eigenvalue weighted by atomic mass is 16.5. The van der Waals surface area contributed by atoms with E-state index >= 15 is 0 Å². The number of hydrogen-bond acceptors (Lipinski definition) is 5. The number of carbonyl (C=O) groups is 1. The lowest BCUT2D eigenvalue weighted by molar-refractivity contribution is 0.0893. The van der Waals surface area contributed by atoms with E-state index in [0.29, 0.717) is 18.1 Å². The second-order valence-corrected chi connectivity index (χ2v) is 5.22. The number of nitrogens with zero attached hydrogens (tertiary/aromatic N) is 2. The van der Waals surface area contributed by atoms with Gasteiger partial charge in [-0.1, -0.05) is 22.8 Å². The molecule has 1 N–H and O–H groups in total. The van der Waals surface area contributed by atoms with Crippen LogP contribution in [0.1, 0.15) is 46.3 Å². The highest BCUT2D eigenvalue weighted by Gasteiger charge is 2.24. The standard InChI is InChI=1S/C15H17N3O3/c1-9-5-6-11(10(2)8-9)13(19)16-15-18-17-14(21-15)12-4-3-7-20-12/h5-6,8,12H,3-4,7H2,1-2H3,(H,16,18,19). The summed E-state index contributed by atoms with van der Waals surface area (Å²) in [5, 5.41) is 10.4. The summed E-state index contributed by atoms with van der Waals surface area (Å²) in [7, 11) is 0. The Morgan fingerprint density at radius 1 is 1.33 bits per heavy atom. The Kier molecular flexibility index (Phi) is 3.70. The molecule has 110 valence electrons. The lowest BCUT2D eigenvalue weighted by Crippen LogP contribution is -2.13. The molecule has 2 aromatic rings. The Morgan fingerprint density at radius 3 is 2.90 bits per heavy atom. The first-order chi connectivity index (χ1) is 10.1. The van der Waals surface area contributed by atoms with Crippen molar-refractivity contribution in [2.24, 2.45) is 0 Å². The van der Waals surface area contributed by atoms with Crippen LogP contribution in [0, 0.1) is 13.8 Å². The van der Waals surface area contributed by atoms with E-state index in [1.165, 1.54) is 0 Å². The van der Waals surface area contributed by atoms with Crippen LogP contribution in [0.3, 0.4) is 0 Å². The highest BCUT2D eigenvalue weighted by molar-refractivity contribution is 6.04. The van der Waals surface area contributed by atoms with Gasteiger partial charge in [0.15, 0.2) is 0 Å². The number of carbonyl (C=O) groups excluding carboxylic acids is 1. The fourth-order valence-electron chi connectivity index (χ4n) is 2.42. The van der Waals surface area contributed by atoms with E-state index in [0.717, 1.165) is 24.0 Å². The first-order valence-electron chi connectivity index (χ1n) is 6.97. The van der Waals surface area contributed by atoms with Crippen molar-refractivity contribution in [2.45, 2.75) is 32.8 Å². The SMILES string of the molecule is Cc1ccc(C(=O)Nc2nnc(C3CCCO3)o2)c(C)c1. The smallest absolute Gasteiger partial charge is 0.322 e. The molecule has 1 aromatic heterocycles. The molecule has 0 radical (unpaired) electrons. The van der Waals surface area contributed by atoms with Crippen LogP contribution < -0.4 is 5.32 Å². The van der Waals surface area contributed by atoms with Crippen LogP contribution in [0.4, 0.5) is 6.01 Å². The Labute approximate surface area is 122 Å². The molecule has 1 aromatic carbocycles. The second kappa shape index (κ2) is 5.65. The average molecular weight is 287 g/mol. The zero-order valence-electron chi connectivity index (χ0n) is 12.0. The van der Waals surface area contributed by atoms with Crippen molar-refractivity contribution in [3.05, 3.63) is 40.8 Å². The maximum Gasteiger partial charge on any atom is 0.322 e. The van der Waals surface area contributed by atoms with Crippen LogP contribution in [0.5, 0.6) is 0 Å². The van der Waals surface area contributed by atoms with Crippen LogP contribution in [0.2, 0.25) is 0 Å². The van der Waals surface area contributed by atoms with E-state index in [9.17, 15) is 4.79 Å². The number of benzene rings is 1. The van der Waals surface area contributed by atoms with Crippen LogP contribution in [0.15, 0.2) is 22.6 Å². The highest BCUT2D eigenvalue weighted by Crippen LogP contribution is 2.28. The Morgan fingerprint density at radius 2 is 2.19 bits per heavy atom. The van der Waals surface area contributed by atoms with Gasteiger partial charge in [-0.2, -0.15) is 0 Å². The molecule has 1 saturated heterocycles. The van der Waals surface area contributed by atoms with E-state index in [2.05, 4.69) is 15.5 Å². The summed E-state index contributed by atoms with van der Waals surface area (Å²) in [4.78, 5) is 12.2. The zero-order valence-corrected chi connectivity index (χ0v) is 12.0. The molecule has 0 aliphatic carbocycles. The van der Waals surface area contributed by atoms with Crippen molar-refractivity contribution in [3.63, 3.8) is 0 Å². The number of anilines is 1. The van der Waals surface area contributed by atoms with Gasteiger partial charge in [-0.25, -0.2) is 0 Å². The first-order valence-corrected chi connectivity index (χ1v) is 6.97. The quantitative estimate of drug-likeness (QED) is 0.939. The van der Waals surface area contributed by atoms with Crippen molar-refractivity contribution >= 4 is 11.9 Å². The zero-order chi connectivity index (χ0) is 14.8. The van der Waals surface area contributed by atoms with Gasteiger partial charge >= 0.3 is 6.01 Å². The predicted molar refractivity (Wildman–Crippen MR) is 76.1 cm³/mol. The fraction of sp³-hybridized carbons (Fsp3) is 0.400. The summed E-state index contributed by atoms with van der Waals surface area (Å²) in [5.41, 5.74) is 2.62. The average Bonchev–Trinajstić information content (AvgIpc) is 3.08. The molecule has 1 aliphatic rings. The molecule has 0 bridgehead atoms. The van der Waals surface area contributed by atoms with Crippen molar-refractivity contribution in [3.8, 4) is 0 Å². The topological polar surface area (TPSA) is 77.2 Å². The van der Waals surface area contributed by atoms with Crippen LogP contribution in [-0.2, 0) is 4.74 Å². The van der Waals surface area contributed by atoms with Gasteiger partial charge in [-0.15, -0.1) is 5.10 Å². The molecule has 6 heteroatoms. The number of hydrogen-bond donors (Lipinski definition) is 1. The summed E-state index contributed by atoms with van der Waals surface area (Å²) in [6.07, 6.45) is 1.70. The molecule has 1 unspecified atom stereocenters. The largest absolute Gasteiger partial charge is 0.405 e. The first kappa shape index (κ1) is 13.8. The van der Waals surface area contributed by atoms with Gasteiger partial charge in [0.2, 0.25) is 5.89 Å². The molecule has 3 rings (SSSR count). The minimum atomic E-state index is -0.255. The van der Waals surface area contributed by atoms with Gasteiger partial charge in [0.25, 0.3) is 5.91 Å². The summed E-state index contributed by atoms with van der Waals surface area (Å²) in [6.45, 7) is 4.59. The minimum Gasteiger partial charge on any atom is -0.405 e. The Balaban J connectivity index is 1.72. The number of nitrogens with one attached hydrogen (secondary N) is 1. The van der Waals surface area contributed by atoms with Crippen molar-refractivity contribution in [1.29, 1.82) is 0 Å². The fourth-order valence-corrected chi connectivity index (χ4v) is 2.42. The number of aryl methyl sites for hydroxylation is 2. The normalized spacial score (nSPS) is 17.9. The van der Waals surface area contributed by atoms with Crippen molar-refractivity contribution < 1.29 is 13.9 Å². The maximum atomic E-state index is 12.2. The van der Waals surface area contributed by atoms with Gasteiger partial charge in [0.1, 0.15) is 6.10 Å². The molecule has 1 aliphatic heterocycles. The number of rotatable bonds is 3. The van der Waals surface area contributed by atoms with Crippen LogP contribution in [-0.4, -0.2) is 22.7 Å². The van der Waals surface area contributed by atoms with Crippen LogP contribution >= 0.6 is 0 Å².